The van der Waals surface area contributed by atoms with Gasteiger partial charge in [-0.15, -0.1) is 6.58 Å². The average molecular weight is 502 g/mol. The summed E-state index contributed by atoms with van der Waals surface area (Å²) in [6.45, 7) is 5.38. The van der Waals surface area contributed by atoms with Crippen LogP contribution in [0.4, 0.5) is 5.69 Å². The summed E-state index contributed by atoms with van der Waals surface area (Å²) < 4.78 is 13.8. The molecule has 1 unspecified atom stereocenters. The zero-order valence-corrected chi connectivity index (χ0v) is 20.9. The molecule has 0 saturated carbocycles. The molecule has 6 nitrogen and oxygen atoms in total. The third-order valence-corrected chi connectivity index (χ3v) is 6.71. The van der Waals surface area contributed by atoms with Gasteiger partial charge in [0.05, 0.1) is 24.7 Å². The summed E-state index contributed by atoms with van der Waals surface area (Å²) in [5, 5.41) is 0.612. The fourth-order valence-electron chi connectivity index (χ4n) is 4.79. The number of rotatable bonds is 9. The van der Waals surface area contributed by atoms with E-state index >= 15 is 0 Å². The number of para-hydroxylation sites is 2. The van der Waals surface area contributed by atoms with E-state index in [1.54, 1.807) is 12.0 Å². The Morgan fingerprint density at radius 1 is 1.11 bits per heavy atom. The molecule has 1 aromatic heterocycles. The Hall–Kier alpha value is -3.77. The van der Waals surface area contributed by atoms with Gasteiger partial charge >= 0.3 is 0 Å². The zero-order valence-electron chi connectivity index (χ0n) is 20.2. The minimum absolute atomic E-state index is 0.0309. The van der Waals surface area contributed by atoms with Gasteiger partial charge in [0.15, 0.2) is 11.5 Å². The molecule has 1 atom stereocenters. The number of benzene rings is 3. The van der Waals surface area contributed by atoms with Crippen molar-refractivity contribution in [2.75, 3.05) is 25.2 Å². The summed E-state index contributed by atoms with van der Waals surface area (Å²) >= 11 is 6.18. The van der Waals surface area contributed by atoms with Crippen LogP contribution in [0.1, 0.15) is 23.7 Å². The minimum Gasteiger partial charge on any atom is -0.493 e. The van der Waals surface area contributed by atoms with E-state index in [-0.39, 0.29) is 11.8 Å². The number of methoxy groups -OCH3 is 1. The number of hydrogen-bond acceptors (Lipinski definition) is 4. The maximum absolute atomic E-state index is 12.9. The van der Waals surface area contributed by atoms with Crippen LogP contribution in [0.25, 0.3) is 11.0 Å². The van der Waals surface area contributed by atoms with Crippen LogP contribution in [-0.2, 0) is 17.8 Å². The number of amides is 1. The monoisotopic (exact) mass is 501 g/mol. The minimum atomic E-state index is -0.0309. The van der Waals surface area contributed by atoms with E-state index in [2.05, 4.69) is 17.2 Å². The molecule has 4 aromatic rings. The third kappa shape index (κ3) is 4.82. The molecule has 1 fully saturated rings. The molecule has 36 heavy (non-hydrogen) atoms. The van der Waals surface area contributed by atoms with Crippen molar-refractivity contribution in [3.63, 3.8) is 0 Å². The summed E-state index contributed by atoms with van der Waals surface area (Å²) in [7, 11) is 1.64. The van der Waals surface area contributed by atoms with Gasteiger partial charge in [-0.25, -0.2) is 4.98 Å². The molecule has 0 N–H and O–H groups in total. The van der Waals surface area contributed by atoms with Crippen molar-refractivity contribution in [2.24, 2.45) is 0 Å². The van der Waals surface area contributed by atoms with E-state index in [4.69, 9.17) is 26.1 Å². The molecule has 0 bridgehead atoms. The van der Waals surface area contributed by atoms with Crippen LogP contribution in [0, 0.1) is 0 Å². The quantitative estimate of drug-likeness (QED) is 0.263. The molecule has 1 saturated heterocycles. The van der Waals surface area contributed by atoms with Crippen molar-refractivity contribution in [1.82, 2.24) is 9.55 Å². The van der Waals surface area contributed by atoms with Gasteiger partial charge in [0, 0.05) is 29.6 Å². The lowest BCUT2D eigenvalue weighted by Gasteiger charge is -2.18. The van der Waals surface area contributed by atoms with Gasteiger partial charge < -0.3 is 18.9 Å². The van der Waals surface area contributed by atoms with Crippen LogP contribution in [0.3, 0.4) is 0 Å². The number of hydrogen-bond donors (Lipinski definition) is 0. The first-order valence-corrected chi connectivity index (χ1v) is 12.4. The van der Waals surface area contributed by atoms with Crippen LogP contribution in [0.2, 0.25) is 5.02 Å². The van der Waals surface area contributed by atoms with Crippen molar-refractivity contribution in [2.45, 2.75) is 25.3 Å². The molecular formula is C29H28ClN3O3. The molecule has 2 heterocycles. The zero-order chi connectivity index (χ0) is 25.1. The van der Waals surface area contributed by atoms with Gasteiger partial charge in [-0.3, -0.25) is 4.79 Å². The van der Waals surface area contributed by atoms with Gasteiger partial charge in [0.25, 0.3) is 0 Å². The fourth-order valence-corrected chi connectivity index (χ4v) is 4.97. The molecule has 7 heteroatoms. The molecule has 5 rings (SSSR count). The molecule has 3 aromatic carbocycles. The predicted molar refractivity (Wildman–Crippen MR) is 143 cm³/mol. The van der Waals surface area contributed by atoms with Crippen molar-refractivity contribution >= 4 is 34.2 Å². The van der Waals surface area contributed by atoms with Crippen LogP contribution in [-0.4, -0.2) is 35.7 Å². The Balaban J connectivity index is 1.38. The first-order valence-electron chi connectivity index (χ1n) is 12.0. The number of nitrogens with zero attached hydrogens (tertiary/aromatic N) is 3. The number of imidazole rings is 1. The highest BCUT2D eigenvalue weighted by atomic mass is 35.5. The van der Waals surface area contributed by atoms with Crippen molar-refractivity contribution < 1.29 is 14.3 Å². The average Bonchev–Trinajstić information content (AvgIpc) is 3.45. The van der Waals surface area contributed by atoms with Crippen LogP contribution in [0.5, 0.6) is 11.5 Å². The van der Waals surface area contributed by atoms with E-state index in [1.165, 1.54) is 0 Å². The number of anilines is 1. The lowest BCUT2D eigenvalue weighted by molar-refractivity contribution is -0.117. The second-order valence-electron chi connectivity index (χ2n) is 8.82. The molecule has 0 aliphatic carbocycles. The Labute approximate surface area is 215 Å². The van der Waals surface area contributed by atoms with E-state index < -0.39 is 0 Å². The Bertz CT molecular complexity index is 1410. The van der Waals surface area contributed by atoms with E-state index in [0.717, 1.165) is 34.5 Å². The highest BCUT2D eigenvalue weighted by Crippen LogP contribution is 2.34. The molecule has 1 aliphatic rings. The fraction of sp³-hybridized carbons (Fsp3) is 0.241. The number of halogens is 1. The second kappa shape index (κ2) is 10.5. The molecule has 1 aliphatic heterocycles. The van der Waals surface area contributed by atoms with E-state index in [0.29, 0.717) is 42.6 Å². The van der Waals surface area contributed by atoms with Crippen LogP contribution in [0.15, 0.2) is 79.4 Å². The topological polar surface area (TPSA) is 56.6 Å². The van der Waals surface area contributed by atoms with Crippen molar-refractivity contribution in [3.05, 3.63) is 95.8 Å². The lowest BCUT2D eigenvalue weighted by atomic mass is 10.1. The first-order chi connectivity index (χ1) is 17.6. The lowest BCUT2D eigenvalue weighted by Crippen LogP contribution is -2.24. The van der Waals surface area contributed by atoms with Gasteiger partial charge in [-0.1, -0.05) is 41.9 Å². The van der Waals surface area contributed by atoms with E-state index in [1.807, 2.05) is 66.7 Å². The summed E-state index contributed by atoms with van der Waals surface area (Å²) in [5.41, 5.74) is 3.87. The summed E-state index contributed by atoms with van der Waals surface area (Å²) in [6.07, 6.45) is 3.03. The van der Waals surface area contributed by atoms with Gasteiger partial charge in [-0.2, -0.15) is 0 Å². The molecule has 1 amide bonds. The summed E-state index contributed by atoms with van der Waals surface area (Å²) in [6, 6.07) is 21.4. The Morgan fingerprint density at radius 3 is 2.78 bits per heavy atom. The molecule has 0 radical (unpaired) electrons. The number of allylic oxidation sites excluding steroid dienone is 1. The van der Waals surface area contributed by atoms with Crippen LogP contribution >= 0.6 is 11.6 Å². The standard InChI is InChI=1S/C29H28ClN3O3/c1-3-7-20-12-13-26(27(16-20)35-2)36-15-14-32-25-11-5-4-10-24(25)31-29(32)21-17-28(34)33(19-21)23-9-6-8-22(30)18-23/h3-6,8-13,16,18,21H,1,7,14-15,17,19H2,2H3. The third-order valence-electron chi connectivity index (χ3n) is 6.47. The van der Waals surface area contributed by atoms with E-state index in [9.17, 15) is 4.79 Å². The molecule has 184 valence electrons. The number of carbonyl (C=O) groups excluding carboxylic acids is 1. The van der Waals surface area contributed by atoms with Crippen LogP contribution < -0.4 is 14.4 Å². The molecule has 0 spiro atoms. The number of carbonyl (C=O) groups is 1. The number of ether oxygens (including phenoxy) is 2. The SMILES string of the molecule is C=CCc1ccc(OCCn2c(C3CC(=O)N(c4cccc(Cl)c4)C3)nc3ccccc32)c(OC)c1. The predicted octanol–water partition coefficient (Wildman–Crippen LogP) is 6.03. The Kier molecular flexibility index (Phi) is 6.96. The number of aromatic nitrogens is 2. The summed E-state index contributed by atoms with van der Waals surface area (Å²) in [4.78, 5) is 19.7. The maximum atomic E-state index is 12.9. The molecular weight excluding hydrogens is 474 g/mol. The van der Waals surface area contributed by atoms with Gasteiger partial charge in [0.2, 0.25) is 5.91 Å². The van der Waals surface area contributed by atoms with Crippen molar-refractivity contribution in [3.8, 4) is 11.5 Å². The smallest absolute Gasteiger partial charge is 0.227 e. The Morgan fingerprint density at radius 2 is 1.97 bits per heavy atom. The van der Waals surface area contributed by atoms with Crippen molar-refractivity contribution in [1.29, 1.82) is 0 Å². The highest BCUT2D eigenvalue weighted by Gasteiger charge is 2.35. The normalized spacial score (nSPS) is 15.4. The summed E-state index contributed by atoms with van der Waals surface area (Å²) in [5.74, 6) is 2.33. The largest absolute Gasteiger partial charge is 0.493 e. The van der Waals surface area contributed by atoms with Gasteiger partial charge in [0.1, 0.15) is 12.4 Å². The highest BCUT2D eigenvalue weighted by molar-refractivity contribution is 6.30. The second-order valence-corrected chi connectivity index (χ2v) is 9.26. The first kappa shape index (κ1) is 23.9. The number of fused-ring (bicyclic) bond motifs is 1. The maximum Gasteiger partial charge on any atom is 0.227 e. The van der Waals surface area contributed by atoms with Gasteiger partial charge in [-0.05, 0) is 54.4 Å².